The summed E-state index contributed by atoms with van der Waals surface area (Å²) in [5, 5.41) is 2.70. The van der Waals surface area contributed by atoms with E-state index in [0.717, 1.165) is 16.7 Å². The second-order valence-corrected chi connectivity index (χ2v) is 8.95. The molecular weight excluding hydrogens is 404 g/mol. The molecule has 0 atom stereocenters. The molecule has 0 unspecified atom stereocenters. The number of amides is 1. The molecule has 0 fully saturated rings. The zero-order valence-electron chi connectivity index (χ0n) is 18.4. The van der Waals surface area contributed by atoms with E-state index in [9.17, 15) is 13.2 Å². The third-order valence-electron chi connectivity index (χ3n) is 4.74. The molecule has 1 amide bonds. The lowest BCUT2D eigenvalue weighted by Crippen LogP contribution is -2.30. The summed E-state index contributed by atoms with van der Waals surface area (Å²) >= 11 is 0. The summed E-state index contributed by atoms with van der Waals surface area (Å²) in [7, 11) is -2.20. The number of carbonyl (C=O) groups excluding carboxylic acids is 1. The Morgan fingerprint density at radius 1 is 1.03 bits per heavy atom. The van der Waals surface area contributed by atoms with Gasteiger partial charge in [0.25, 0.3) is 5.91 Å². The van der Waals surface area contributed by atoms with Crippen LogP contribution < -0.4 is 14.8 Å². The van der Waals surface area contributed by atoms with E-state index >= 15 is 0 Å². The number of sulfonamides is 1. The van der Waals surface area contributed by atoms with Crippen LogP contribution in [0.1, 0.15) is 30.5 Å². The van der Waals surface area contributed by atoms with Crippen molar-refractivity contribution in [2.24, 2.45) is 0 Å². The average Bonchev–Trinajstić information content (AvgIpc) is 2.67. The Morgan fingerprint density at radius 2 is 1.63 bits per heavy atom. The lowest BCUT2D eigenvalue weighted by Gasteiger charge is -2.20. The van der Waals surface area contributed by atoms with Gasteiger partial charge in [-0.05, 0) is 50.1 Å². The van der Waals surface area contributed by atoms with E-state index in [2.05, 4.69) is 5.32 Å². The molecule has 0 saturated heterocycles. The van der Waals surface area contributed by atoms with Gasteiger partial charge in [0.1, 0.15) is 11.5 Å². The first-order valence-corrected chi connectivity index (χ1v) is 11.3. The maximum Gasteiger partial charge on any atom is 0.262 e. The van der Waals surface area contributed by atoms with Gasteiger partial charge in [0, 0.05) is 13.1 Å². The van der Waals surface area contributed by atoms with E-state index < -0.39 is 15.9 Å². The molecular formula is C22H30N2O5S. The normalized spacial score (nSPS) is 11.4. The summed E-state index contributed by atoms with van der Waals surface area (Å²) in [5.74, 6) is 0.621. The number of methoxy groups -OCH3 is 1. The molecule has 0 saturated carbocycles. The molecule has 0 aliphatic carbocycles. The highest BCUT2D eigenvalue weighted by molar-refractivity contribution is 7.89. The summed E-state index contributed by atoms with van der Waals surface area (Å²) in [4.78, 5) is 12.6. The number of nitrogens with zero attached hydrogens (tertiary/aromatic N) is 1. The highest BCUT2D eigenvalue weighted by Gasteiger charge is 2.23. The number of hydrogen-bond donors (Lipinski definition) is 1. The summed E-state index contributed by atoms with van der Waals surface area (Å²) in [6, 6.07) is 8.39. The van der Waals surface area contributed by atoms with Crippen LogP contribution in [-0.2, 0) is 14.8 Å². The number of hydrogen-bond acceptors (Lipinski definition) is 5. The van der Waals surface area contributed by atoms with E-state index in [1.165, 1.54) is 29.6 Å². The van der Waals surface area contributed by atoms with Crippen molar-refractivity contribution in [2.75, 3.05) is 32.1 Å². The summed E-state index contributed by atoms with van der Waals surface area (Å²) in [6.07, 6.45) is 0. The first-order valence-electron chi connectivity index (χ1n) is 9.82. The largest absolute Gasteiger partial charge is 0.495 e. The lowest BCUT2D eigenvalue weighted by atomic mass is 10.1. The van der Waals surface area contributed by atoms with Crippen molar-refractivity contribution in [1.82, 2.24) is 4.31 Å². The van der Waals surface area contributed by atoms with Gasteiger partial charge in [-0.15, -0.1) is 0 Å². The third-order valence-corrected chi connectivity index (χ3v) is 6.79. The smallest absolute Gasteiger partial charge is 0.262 e. The molecule has 2 aromatic carbocycles. The minimum absolute atomic E-state index is 0.0911. The molecule has 0 heterocycles. The van der Waals surface area contributed by atoms with Gasteiger partial charge in [0.05, 0.1) is 17.7 Å². The Labute approximate surface area is 179 Å². The molecule has 164 valence electrons. The lowest BCUT2D eigenvalue weighted by molar-refractivity contribution is -0.118. The Bertz CT molecular complexity index is 991. The van der Waals surface area contributed by atoms with Gasteiger partial charge in [0.15, 0.2) is 6.61 Å². The van der Waals surface area contributed by atoms with Crippen LogP contribution in [-0.4, -0.2) is 45.4 Å². The van der Waals surface area contributed by atoms with Crippen LogP contribution in [0.15, 0.2) is 35.2 Å². The second-order valence-electron chi connectivity index (χ2n) is 7.02. The number of benzene rings is 2. The second kappa shape index (κ2) is 9.95. The van der Waals surface area contributed by atoms with Gasteiger partial charge in [-0.25, -0.2) is 8.42 Å². The van der Waals surface area contributed by atoms with Gasteiger partial charge in [-0.2, -0.15) is 4.31 Å². The zero-order valence-corrected chi connectivity index (χ0v) is 19.2. The fourth-order valence-electron chi connectivity index (χ4n) is 3.38. The number of rotatable bonds is 9. The van der Waals surface area contributed by atoms with Crippen LogP contribution in [0.4, 0.5) is 5.69 Å². The zero-order chi connectivity index (χ0) is 22.5. The van der Waals surface area contributed by atoms with Crippen molar-refractivity contribution in [3.63, 3.8) is 0 Å². The van der Waals surface area contributed by atoms with E-state index in [1.54, 1.807) is 13.8 Å². The van der Waals surface area contributed by atoms with Crippen molar-refractivity contribution in [2.45, 2.75) is 39.5 Å². The van der Waals surface area contributed by atoms with Gasteiger partial charge >= 0.3 is 0 Å². The molecule has 0 bridgehead atoms. The van der Waals surface area contributed by atoms with Crippen LogP contribution >= 0.6 is 0 Å². The number of anilines is 1. The highest BCUT2D eigenvalue weighted by atomic mass is 32.2. The highest BCUT2D eigenvalue weighted by Crippen LogP contribution is 2.29. The third kappa shape index (κ3) is 5.31. The van der Waals surface area contributed by atoms with Gasteiger partial charge in [-0.3, -0.25) is 4.79 Å². The van der Waals surface area contributed by atoms with Gasteiger partial charge < -0.3 is 14.8 Å². The predicted octanol–water partition coefficient (Wildman–Crippen LogP) is 3.67. The molecule has 30 heavy (non-hydrogen) atoms. The molecule has 1 N–H and O–H groups in total. The fraction of sp³-hybridized carbons (Fsp3) is 0.409. The molecule has 2 aromatic rings. The van der Waals surface area contributed by atoms with Crippen molar-refractivity contribution >= 4 is 21.6 Å². The molecule has 0 aliphatic rings. The van der Waals surface area contributed by atoms with Crippen LogP contribution in [0.5, 0.6) is 11.5 Å². The Kier molecular flexibility index (Phi) is 7.86. The quantitative estimate of drug-likeness (QED) is 0.651. The average molecular weight is 435 g/mol. The summed E-state index contributed by atoms with van der Waals surface area (Å²) < 4.78 is 37.9. The Hall–Kier alpha value is -2.58. The fourth-order valence-corrected chi connectivity index (χ4v) is 4.86. The monoisotopic (exact) mass is 434 g/mol. The van der Waals surface area contributed by atoms with Crippen LogP contribution in [0.2, 0.25) is 0 Å². The van der Waals surface area contributed by atoms with Gasteiger partial charge in [0.2, 0.25) is 10.0 Å². The molecule has 0 radical (unpaired) electrons. The van der Waals surface area contributed by atoms with E-state index in [4.69, 9.17) is 9.47 Å². The van der Waals surface area contributed by atoms with Crippen LogP contribution in [0.25, 0.3) is 0 Å². The molecule has 7 nitrogen and oxygen atoms in total. The number of nitrogens with one attached hydrogen (secondary N) is 1. The first kappa shape index (κ1) is 23.7. The van der Waals surface area contributed by atoms with Crippen molar-refractivity contribution < 1.29 is 22.7 Å². The van der Waals surface area contributed by atoms with E-state index in [-0.39, 0.29) is 17.2 Å². The Morgan fingerprint density at radius 3 is 2.17 bits per heavy atom. The maximum absolute atomic E-state index is 12.8. The predicted molar refractivity (Wildman–Crippen MR) is 118 cm³/mol. The molecule has 8 heteroatoms. The van der Waals surface area contributed by atoms with E-state index in [0.29, 0.717) is 24.6 Å². The van der Waals surface area contributed by atoms with Gasteiger partial charge in [-0.1, -0.05) is 31.5 Å². The molecule has 0 aromatic heterocycles. The van der Waals surface area contributed by atoms with Crippen molar-refractivity contribution in [3.8, 4) is 11.5 Å². The number of aryl methyl sites for hydroxylation is 3. The van der Waals surface area contributed by atoms with Crippen LogP contribution in [0.3, 0.4) is 0 Å². The maximum atomic E-state index is 12.8. The molecule has 0 spiro atoms. The number of carbonyl (C=O) groups is 1. The van der Waals surface area contributed by atoms with Crippen molar-refractivity contribution in [1.29, 1.82) is 0 Å². The Balaban J connectivity index is 2.22. The molecule has 2 rings (SSSR count). The minimum atomic E-state index is -3.66. The topological polar surface area (TPSA) is 84.9 Å². The molecule has 0 aliphatic heterocycles. The number of ether oxygens (including phenoxy) is 2. The summed E-state index contributed by atoms with van der Waals surface area (Å²) in [5.41, 5.74) is 3.30. The SMILES string of the molecule is CCN(CC)S(=O)(=O)c1ccc(OC)c(NC(=O)COc2c(C)cc(C)cc2C)c1. The summed E-state index contributed by atoms with van der Waals surface area (Å²) in [6.45, 7) is 9.92. The van der Waals surface area contributed by atoms with Crippen LogP contribution in [0, 0.1) is 20.8 Å². The standard InChI is InChI=1S/C22H30N2O5S/c1-7-24(8-2)30(26,27)18-9-10-20(28-6)19(13-18)23-21(25)14-29-22-16(4)11-15(3)12-17(22)5/h9-13H,7-8,14H2,1-6H3,(H,23,25). The first-order chi connectivity index (χ1) is 14.1. The van der Waals surface area contributed by atoms with E-state index in [1.807, 2.05) is 32.9 Å². The van der Waals surface area contributed by atoms with Crippen molar-refractivity contribution in [3.05, 3.63) is 47.0 Å². The minimum Gasteiger partial charge on any atom is -0.495 e.